The maximum atomic E-state index is 13.7. The molecule has 0 bridgehead atoms. The highest BCUT2D eigenvalue weighted by atomic mass is 32.1. The molecule has 0 atom stereocenters. The minimum atomic E-state index is -4.76. The number of hydrogen-bond acceptors (Lipinski definition) is 7. The minimum absolute atomic E-state index is 0.0485. The van der Waals surface area contributed by atoms with Gasteiger partial charge < -0.3 is 15.8 Å². The van der Waals surface area contributed by atoms with Crippen molar-refractivity contribution in [1.82, 2.24) is 25.0 Å². The summed E-state index contributed by atoms with van der Waals surface area (Å²) in [6, 6.07) is 9.38. The summed E-state index contributed by atoms with van der Waals surface area (Å²) in [7, 11) is 3.19. The zero-order valence-electron chi connectivity index (χ0n) is 20.7. The van der Waals surface area contributed by atoms with Crippen LogP contribution >= 0.6 is 11.3 Å². The zero-order chi connectivity index (χ0) is 28.1. The van der Waals surface area contributed by atoms with Crippen molar-refractivity contribution in [3.8, 4) is 28.1 Å². The molecule has 4 N–H and O–H groups in total. The average molecular weight is 556 g/mol. The summed E-state index contributed by atoms with van der Waals surface area (Å²) in [5.41, 5.74) is 6.64. The highest BCUT2D eigenvalue weighted by Gasteiger charge is 2.35. The van der Waals surface area contributed by atoms with Gasteiger partial charge in [-0.2, -0.15) is 23.4 Å². The molecule has 0 fully saturated rings. The fourth-order valence-electron chi connectivity index (χ4n) is 4.04. The molecule has 5 rings (SSSR count). The number of primary amides is 1. The summed E-state index contributed by atoms with van der Waals surface area (Å²) in [4.78, 5) is 29.1. The Morgan fingerprint density at radius 2 is 1.87 bits per heavy atom. The molecule has 0 aliphatic heterocycles. The molecule has 0 radical (unpaired) electrons. The third-order valence-corrected chi connectivity index (χ3v) is 7.25. The molecule has 0 saturated carbocycles. The second kappa shape index (κ2) is 9.54. The molecule has 0 spiro atoms. The number of pyridine rings is 1. The van der Waals surface area contributed by atoms with Gasteiger partial charge in [0.2, 0.25) is 0 Å². The highest BCUT2D eigenvalue weighted by molar-refractivity contribution is 7.21. The number of nitrogens with zero attached hydrogens (tertiary/aromatic N) is 4. The van der Waals surface area contributed by atoms with E-state index >= 15 is 0 Å². The number of anilines is 1. The van der Waals surface area contributed by atoms with Crippen LogP contribution < -0.4 is 15.8 Å². The number of fused-ring (bicyclic) bond motifs is 1. The average Bonchev–Trinajstić information content (AvgIpc) is 3.61. The van der Waals surface area contributed by atoms with E-state index in [4.69, 9.17) is 10.5 Å². The lowest BCUT2D eigenvalue weighted by Crippen LogP contribution is -2.17. The first-order valence-corrected chi connectivity index (χ1v) is 12.1. The van der Waals surface area contributed by atoms with Crippen molar-refractivity contribution in [1.29, 1.82) is 0 Å². The molecule has 2 amide bonds. The summed E-state index contributed by atoms with van der Waals surface area (Å²) < 4.78 is 47.9. The van der Waals surface area contributed by atoms with Gasteiger partial charge in [-0.15, -0.1) is 11.3 Å². The van der Waals surface area contributed by atoms with Crippen LogP contribution in [0.4, 0.5) is 18.9 Å². The van der Waals surface area contributed by atoms with E-state index < -0.39 is 23.7 Å². The molecule has 200 valence electrons. The van der Waals surface area contributed by atoms with E-state index in [1.165, 1.54) is 16.9 Å². The number of aromatic amines is 1. The second-order valence-electron chi connectivity index (χ2n) is 8.52. The van der Waals surface area contributed by atoms with Gasteiger partial charge in [-0.3, -0.25) is 19.4 Å². The quantitative estimate of drug-likeness (QED) is 0.276. The number of alkyl halides is 3. The first-order valence-electron chi connectivity index (χ1n) is 11.3. The van der Waals surface area contributed by atoms with Crippen LogP contribution in [-0.4, -0.2) is 43.9 Å². The number of rotatable bonds is 6. The maximum absolute atomic E-state index is 13.7. The van der Waals surface area contributed by atoms with Crippen LogP contribution in [0, 0.1) is 6.92 Å². The molecule has 4 heterocycles. The van der Waals surface area contributed by atoms with E-state index in [2.05, 4.69) is 25.6 Å². The van der Waals surface area contributed by atoms with Gasteiger partial charge in [-0.25, -0.2) is 4.98 Å². The van der Waals surface area contributed by atoms with Crippen LogP contribution in [0.25, 0.3) is 32.6 Å². The van der Waals surface area contributed by atoms with Crippen molar-refractivity contribution in [2.75, 3.05) is 12.4 Å². The first kappa shape index (κ1) is 25.9. The van der Waals surface area contributed by atoms with Crippen LogP contribution in [0.5, 0.6) is 5.75 Å². The van der Waals surface area contributed by atoms with Crippen molar-refractivity contribution in [2.24, 2.45) is 12.8 Å². The van der Waals surface area contributed by atoms with Gasteiger partial charge in [-0.1, -0.05) is 0 Å². The summed E-state index contributed by atoms with van der Waals surface area (Å²) >= 11 is 0.661. The van der Waals surface area contributed by atoms with Gasteiger partial charge in [0.15, 0.2) is 0 Å². The van der Waals surface area contributed by atoms with Crippen molar-refractivity contribution in [2.45, 2.75) is 13.1 Å². The number of aryl methyl sites for hydroxylation is 1. The van der Waals surface area contributed by atoms with Gasteiger partial charge in [0.05, 0.1) is 24.7 Å². The van der Waals surface area contributed by atoms with Gasteiger partial charge in [0, 0.05) is 29.3 Å². The number of amides is 2. The van der Waals surface area contributed by atoms with E-state index in [1.807, 2.05) is 0 Å². The monoisotopic (exact) mass is 555 g/mol. The fourth-order valence-corrected chi connectivity index (χ4v) is 5.05. The molecule has 14 heteroatoms. The number of methoxy groups -OCH3 is 1. The van der Waals surface area contributed by atoms with Crippen LogP contribution in [0.2, 0.25) is 0 Å². The second-order valence-corrected chi connectivity index (χ2v) is 9.52. The molecule has 0 aliphatic carbocycles. The molecule has 39 heavy (non-hydrogen) atoms. The Kier molecular flexibility index (Phi) is 6.34. The first-order chi connectivity index (χ1) is 18.5. The fraction of sp³-hybridized carbons (Fsp3) is 0.160. The van der Waals surface area contributed by atoms with E-state index in [-0.39, 0.29) is 32.0 Å². The SMILES string of the molecule is COc1ccc(-c2cc(C(=O)Nc3c(C(N)=O)sc4nc(C(F)(F)F)cc(-c5cnn(C)c5C)c34)[nH]n2)cc1. The number of carbonyl (C=O) groups is 2. The third kappa shape index (κ3) is 4.69. The number of nitrogens with two attached hydrogens (primary N) is 1. The number of thiophene rings is 1. The normalized spacial score (nSPS) is 11.6. The summed E-state index contributed by atoms with van der Waals surface area (Å²) in [6.45, 7) is 1.69. The third-order valence-electron chi connectivity index (χ3n) is 6.15. The number of halogens is 3. The van der Waals surface area contributed by atoms with Crippen molar-refractivity contribution in [3.05, 3.63) is 64.6 Å². The lowest BCUT2D eigenvalue weighted by molar-refractivity contribution is -0.140. The summed E-state index contributed by atoms with van der Waals surface area (Å²) in [5.74, 6) is -0.963. The molecular formula is C25H20F3N7O3S. The van der Waals surface area contributed by atoms with Gasteiger partial charge in [-0.05, 0) is 48.9 Å². The number of H-pyrrole nitrogens is 1. The standard InChI is InChI=1S/C25H20F3N7O3S/c1-11-15(10-30-35(11)2)14-8-18(25(26,27)28)31-24-19(14)20(21(39-24)22(29)36)32-23(37)17-9-16(33-34-17)12-4-6-13(38-3)7-5-12/h4-10H,1-3H3,(H2,29,36)(H,32,37)(H,33,34). The maximum Gasteiger partial charge on any atom is 0.433 e. The molecular weight excluding hydrogens is 535 g/mol. The Morgan fingerprint density at radius 1 is 1.15 bits per heavy atom. The molecule has 4 aromatic heterocycles. The number of ether oxygens (including phenoxy) is 1. The molecule has 1 aromatic carbocycles. The predicted octanol–water partition coefficient (Wildman–Crippen LogP) is 4.77. The molecule has 5 aromatic rings. The molecule has 0 saturated heterocycles. The lowest BCUT2D eigenvalue weighted by Gasteiger charge is -2.12. The lowest BCUT2D eigenvalue weighted by atomic mass is 10.0. The summed E-state index contributed by atoms with van der Waals surface area (Å²) in [6.07, 6.45) is -3.35. The topological polar surface area (TPSA) is 141 Å². The predicted molar refractivity (Wildman–Crippen MR) is 139 cm³/mol. The van der Waals surface area contributed by atoms with Crippen LogP contribution in [0.1, 0.15) is 31.5 Å². The van der Waals surface area contributed by atoms with Gasteiger partial charge in [0.1, 0.15) is 26.8 Å². The number of hydrogen-bond donors (Lipinski definition) is 3. The van der Waals surface area contributed by atoms with Crippen molar-refractivity contribution in [3.63, 3.8) is 0 Å². The van der Waals surface area contributed by atoms with E-state index in [0.29, 0.717) is 39.6 Å². The number of benzene rings is 1. The minimum Gasteiger partial charge on any atom is -0.497 e. The van der Waals surface area contributed by atoms with Crippen LogP contribution in [0.15, 0.2) is 42.6 Å². The van der Waals surface area contributed by atoms with Crippen LogP contribution in [-0.2, 0) is 13.2 Å². The molecule has 0 unspecified atom stereocenters. The zero-order valence-corrected chi connectivity index (χ0v) is 21.5. The Labute approximate surface area is 222 Å². The number of carbonyl (C=O) groups excluding carboxylic acids is 2. The Hall–Kier alpha value is -4.72. The largest absolute Gasteiger partial charge is 0.497 e. The summed E-state index contributed by atoms with van der Waals surface area (Å²) in [5, 5.41) is 13.7. The van der Waals surface area contributed by atoms with E-state index in [9.17, 15) is 22.8 Å². The van der Waals surface area contributed by atoms with Gasteiger partial charge in [0.25, 0.3) is 11.8 Å². The Balaban J connectivity index is 1.62. The highest BCUT2D eigenvalue weighted by Crippen LogP contribution is 2.44. The van der Waals surface area contributed by atoms with Gasteiger partial charge >= 0.3 is 6.18 Å². The Bertz CT molecular complexity index is 1740. The van der Waals surface area contributed by atoms with Crippen molar-refractivity contribution < 1.29 is 27.5 Å². The van der Waals surface area contributed by atoms with Crippen LogP contribution in [0.3, 0.4) is 0 Å². The molecule has 10 nitrogen and oxygen atoms in total. The Morgan fingerprint density at radius 3 is 2.46 bits per heavy atom. The van der Waals surface area contributed by atoms with E-state index in [0.717, 1.165) is 6.07 Å². The van der Waals surface area contributed by atoms with E-state index in [1.54, 1.807) is 45.3 Å². The smallest absolute Gasteiger partial charge is 0.433 e. The number of aromatic nitrogens is 5. The number of nitrogens with one attached hydrogen (secondary N) is 2. The molecule has 0 aliphatic rings. The van der Waals surface area contributed by atoms with Crippen molar-refractivity contribution >= 4 is 39.1 Å².